The summed E-state index contributed by atoms with van der Waals surface area (Å²) in [4.78, 5) is 28.7. The molecule has 2 saturated heterocycles. The van der Waals surface area contributed by atoms with Gasteiger partial charge in [-0.3, -0.25) is 14.5 Å². The van der Waals surface area contributed by atoms with E-state index in [9.17, 15) is 35.1 Å². The number of likely N-dealkylation sites (N-methyl/N-ethyl adjacent to an activating group) is 1. The van der Waals surface area contributed by atoms with Crippen molar-refractivity contribution in [3.8, 4) is 12.3 Å². The van der Waals surface area contributed by atoms with Gasteiger partial charge in [0.25, 0.3) is 0 Å². The maximum Gasteiger partial charge on any atom is 0.311 e. The lowest BCUT2D eigenvalue weighted by atomic mass is 9.74. The van der Waals surface area contributed by atoms with Crippen LogP contribution in [-0.4, -0.2) is 116 Å². The number of aliphatic hydroxyl groups is 5. The standard InChI is InChI=1S/C32H55NO10/c1-11-13-14-33(10)22-15-18(4)41-30(26(22)36)43-28-20(6)25(35)21(7)29(38)42-23(12-2)32(9,40)27(37)19(5)24(34)17(3)16-31(28,8)39/h1,17-23,25-28,30,35-37,39-40H,12-16H2,2-10H3/t17-,18-,19+,20+,21-,22+,23-,25+,26-,27-,28-,30+,31-,32-/m1/s1. The molecule has 2 fully saturated rings. The Morgan fingerprint density at radius 1 is 1.05 bits per heavy atom. The molecule has 0 aromatic heterocycles. The number of carbonyl (C=O) groups is 2. The highest BCUT2D eigenvalue weighted by Crippen LogP contribution is 2.37. The van der Waals surface area contributed by atoms with Crippen LogP contribution in [0.5, 0.6) is 0 Å². The SMILES string of the molecule is C#CCCN(C)[C@H]1C[C@@H](C)O[C@@H](O[C@@H]2[C@@H](C)[C@H](O)[C@@H](C)C(=O)O[C@H](CC)[C@@](C)(O)[C@H](O)[C@@H](C)C(=O)[C@H](C)C[C@@]2(C)O)[C@@H]1O. The summed E-state index contributed by atoms with van der Waals surface area (Å²) >= 11 is 0. The van der Waals surface area contributed by atoms with Crippen molar-refractivity contribution >= 4 is 11.8 Å². The van der Waals surface area contributed by atoms with Gasteiger partial charge in [0.05, 0.1) is 35.9 Å². The quantitative estimate of drug-likeness (QED) is 0.216. The fourth-order valence-corrected chi connectivity index (χ4v) is 6.74. The summed E-state index contributed by atoms with van der Waals surface area (Å²) in [7, 11) is 1.85. The molecule has 2 aliphatic rings. The number of Topliss-reactive ketones (excluding diaryl/α,β-unsaturated/α-hetero) is 1. The fourth-order valence-electron chi connectivity index (χ4n) is 6.74. The molecule has 0 aromatic rings. The largest absolute Gasteiger partial charge is 0.459 e. The first kappa shape index (κ1) is 37.6. The van der Waals surface area contributed by atoms with Crippen molar-refractivity contribution in [2.24, 2.45) is 23.7 Å². The topological polar surface area (TPSA) is 166 Å². The molecule has 248 valence electrons. The van der Waals surface area contributed by atoms with E-state index in [1.165, 1.54) is 27.7 Å². The molecule has 2 heterocycles. The summed E-state index contributed by atoms with van der Waals surface area (Å²) in [6.45, 7) is 13.0. The summed E-state index contributed by atoms with van der Waals surface area (Å²) < 4.78 is 18.0. The Bertz CT molecular complexity index is 980. The molecule has 0 aromatic carbocycles. The van der Waals surface area contributed by atoms with Crippen LogP contribution in [0.15, 0.2) is 0 Å². The number of rotatable bonds is 6. The normalized spacial score (nSPS) is 45.7. The van der Waals surface area contributed by atoms with Gasteiger partial charge in [-0.15, -0.1) is 12.3 Å². The zero-order chi connectivity index (χ0) is 33.0. The van der Waals surface area contributed by atoms with Gasteiger partial charge in [0.1, 0.15) is 23.6 Å². The second kappa shape index (κ2) is 15.1. The molecule has 0 radical (unpaired) electrons. The average Bonchev–Trinajstić information content (AvgIpc) is 2.95. The van der Waals surface area contributed by atoms with Gasteiger partial charge < -0.3 is 39.7 Å². The van der Waals surface area contributed by atoms with Crippen LogP contribution < -0.4 is 0 Å². The van der Waals surface area contributed by atoms with E-state index in [0.29, 0.717) is 19.4 Å². The lowest BCUT2D eigenvalue weighted by Gasteiger charge is -2.47. The number of aliphatic hydroxyl groups excluding tert-OH is 3. The van der Waals surface area contributed by atoms with Gasteiger partial charge in [-0.2, -0.15) is 0 Å². The monoisotopic (exact) mass is 613 g/mol. The number of carbonyl (C=O) groups excluding carboxylic acids is 2. The van der Waals surface area contributed by atoms with E-state index < -0.39 is 83.4 Å². The van der Waals surface area contributed by atoms with Gasteiger partial charge in [0.15, 0.2) is 6.29 Å². The van der Waals surface area contributed by atoms with Crippen LogP contribution in [0.4, 0.5) is 0 Å². The van der Waals surface area contributed by atoms with E-state index in [1.807, 2.05) is 18.9 Å². The van der Waals surface area contributed by atoms with E-state index in [1.54, 1.807) is 20.8 Å². The molecule has 0 saturated carbocycles. The summed E-state index contributed by atoms with van der Waals surface area (Å²) in [6.07, 6.45) is -1.51. The predicted octanol–water partition coefficient (Wildman–Crippen LogP) is 1.25. The lowest BCUT2D eigenvalue weighted by Crippen LogP contribution is -2.60. The molecule has 11 heteroatoms. The molecule has 43 heavy (non-hydrogen) atoms. The summed E-state index contributed by atoms with van der Waals surface area (Å²) in [5, 5.41) is 56.9. The third-order valence-corrected chi connectivity index (χ3v) is 9.59. The molecule has 0 unspecified atom stereocenters. The molecule has 11 nitrogen and oxygen atoms in total. The molecule has 0 amide bonds. The molecule has 14 atom stereocenters. The molecule has 2 aliphatic heterocycles. The Morgan fingerprint density at radius 2 is 1.65 bits per heavy atom. The second-order valence-corrected chi connectivity index (χ2v) is 13.4. The molecule has 0 bridgehead atoms. The van der Waals surface area contributed by atoms with Crippen LogP contribution in [0.25, 0.3) is 0 Å². The molecule has 2 rings (SSSR count). The molecule has 5 N–H and O–H groups in total. The third kappa shape index (κ3) is 8.56. The van der Waals surface area contributed by atoms with E-state index in [0.717, 1.165) is 0 Å². The maximum absolute atomic E-state index is 13.5. The van der Waals surface area contributed by atoms with Crippen LogP contribution in [0, 0.1) is 36.0 Å². The first-order chi connectivity index (χ1) is 19.8. The Labute approximate surface area is 256 Å². The Hall–Kier alpha value is -1.62. The minimum atomic E-state index is -1.96. The van der Waals surface area contributed by atoms with E-state index in [4.69, 9.17) is 20.6 Å². The molecular formula is C32H55NO10. The van der Waals surface area contributed by atoms with Crippen molar-refractivity contribution in [1.29, 1.82) is 0 Å². The number of ether oxygens (including phenoxy) is 3. The van der Waals surface area contributed by atoms with Gasteiger partial charge in [-0.1, -0.05) is 27.7 Å². The minimum absolute atomic E-state index is 0.132. The third-order valence-electron chi connectivity index (χ3n) is 9.59. The molecule has 0 spiro atoms. The van der Waals surface area contributed by atoms with E-state index in [-0.39, 0.29) is 25.0 Å². The van der Waals surface area contributed by atoms with Crippen LogP contribution in [0.3, 0.4) is 0 Å². The maximum atomic E-state index is 13.5. The Balaban J connectivity index is 2.53. The van der Waals surface area contributed by atoms with Gasteiger partial charge >= 0.3 is 5.97 Å². The van der Waals surface area contributed by atoms with Crippen molar-refractivity contribution in [1.82, 2.24) is 4.90 Å². The number of cyclic esters (lactones) is 1. The summed E-state index contributed by atoms with van der Waals surface area (Å²) in [5.41, 5.74) is -3.72. The fraction of sp³-hybridized carbons (Fsp3) is 0.875. The second-order valence-electron chi connectivity index (χ2n) is 13.4. The average molecular weight is 614 g/mol. The number of terminal acetylenes is 1. The number of ketones is 1. The summed E-state index contributed by atoms with van der Waals surface area (Å²) in [5.74, 6) is -2.51. The zero-order valence-corrected chi connectivity index (χ0v) is 27.3. The van der Waals surface area contributed by atoms with E-state index in [2.05, 4.69) is 5.92 Å². The van der Waals surface area contributed by atoms with Crippen molar-refractivity contribution in [3.05, 3.63) is 0 Å². The van der Waals surface area contributed by atoms with Crippen molar-refractivity contribution in [3.63, 3.8) is 0 Å². The van der Waals surface area contributed by atoms with Gasteiger partial charge in [0, 0.05) is 36.8 Å². The Kier molecular flexibility index (Phi) is 13.2. The van der Waals surface area contributed by atoms with Crippen molar-refractivity contribution < 1.29 is 49.3 Å². The summed E-state index contributed by atoms with van der Waals surface area (Å²) in [6, 6.07) is -0.360. The predicted molar refractivity (Wildman–Crippen MR) is 159 cm³/mol. The highest BCUT2D eigenvalue weighted by atomic mass is 16.7. The van der Waals surface area contributed by atoms with Crippen molar-refractivity contribution in [2.45, 2.75) is 141 Å². The van der Waals surface area contributed by atoms with Crippen LogP contribution >= 0.6 is 0 Å². The van der Waals surface area contributed by atoms with Crippen LogP contribution in [-0.2, 0) is 23.8 Å². The number of nitrogens with zero attached hydrogens (tertiary/aromatic N) is 1. The number of esters is 1. The zero-order valence-electron chi connectivity index (χ0n) is 27.3. The first-order valence-corrected chi connectivity index (χ1v) is 15.5. The smallest absolute Gasteiger partial charge is 0.311 e. The first-order valence-electron chi connectivity index (χ1n) is 15.5. The highest BCUT2D eigenvalue weighted by Gasteiger charge is 2.51. The van der Waals surface area contributed by atoms with Gasteiger partial charge in [-0.25, -0.2) is 0 Å². The minimum Gasteiger partial charge on any atom is -0.459 e. The van der Waals surface area contributed by atoms with Gasteiger partial charge in [0.2, 0.25) is 0 Å². The number of hydrogen-bond acceptors (Lipinski definition) is 11. The van der Waals surface area contributed by atoms with Crippen LogP contribution in [0.1, 0.15) is 81.1 Å². The number of hydrogen-bond donors (Lipinski definition) is 5. The van der Waals surface area contributed by atoms with E-state index >= 15 is 0 Å². The lowest BCUT2D eigenvalue weighted by molar-refractivity contribution is -0.299. The van der Waals surface area contributed by atoms with Gasteiger partial charge in [-0.05, 0) is 54.0 Å². The van der Waals surface area contributed by atoms with Crippen LogP contribution in [0.2, 0.25) is 0 Å². The highest BCUT2D eigenvalue weighted by molar-refractivity contribution is 5.83. The molecule has 0 aliphatic carbocycles. The molecular weight excluding hydrogens is 558 g/mol. The Morgan fingerprint density at radius 3 is 2.21 bits per heavy atom. The van der Waals surface area contributed by atoms with Crippen molar-refractivity contribution in [2.75, 3.05) is 13.6 Å².